The Balaban J connectivity index is 3.33. The molecule has 16 heavy (non-hydrogen) atoms. The molecule has 0 spiro atoms. The quantitative estimate of drug-likeness (QED) is 0.778. The largest absolute Gasteiger partial charge is 0.337 e. The lowest BCUT2D eigenvalue weighted by Crippen LogP contribution is -2.31. The van der Waals surface area contributed by atoms with Gasteiger partial charge in [-0.3, -0.25) is 0 Å². The molecule has 0 radical (unpaired) electrons. The number of hydrogen-bond donors (Lipinski definition) is 1. The molecular formula is C13H24N2S. The van der Waals surface area contributed by atoms with Gasteiger partial charge >= 0.3 is 0 Å². The van der Waals surface area contributed by atoms with E-state index in [2.05, 4.69) is 57.3 Å². The molecule has 0 unspecified atom stereocenters. The first-order chi connectivity index (χ1) is 7.20. The Labute approximate surface area is 104 Å². The van der Waals surface area contributed by atoms with Gasteiger partial charge in [-0.15, -0.1) is 0 Å². The highest BCUT2D eigenvalue weighted by Crippen LogP contribution is 2.30. The highest BCUT2D eigenvalue weighted by atomic mass is 32.1. The van der Waals surface area contributed by atoms with Crippen molar-refractivity contribution in [1.29, 1.82) is 0 Å². The molecule has 0 atom stereocenters. The van der Waals surface area contributed by atoms with Crippen LogP contribution in [0.15, 0.2) is 6.20 Å². The van der Waals surface area contributed by atoms with Crippen LogP contribution in [0.4, 0.5) is 0 Å². The Hall–Kier alpha value is -0.570. The lowest BCUT2D eigenvalue weighted by atomic mass is 9.90. The molecule has 0 aliphatic heterocycles. The van der Waals surface area contributed by atoms with Crippen LogP contribution in [-0.4, -0.2) is 9.55 Å². The molecule has 0 amide bonds. The maximum atomic E-state index is 5.41. The lowest BCUT2D eigenvalue weighted by Gasteiger charge is -2.32. The van der Waals surface area contributed by atoms with Gasteiger partial charge in [-0.25, -0.2) is 0 Å². The maximum Gasteiger partial charge on any atom is 0.177 e. The molecule has 0 fully saturated rings. The molecule has 1 aromatic rings. The van der Waals surface area contributed by atoms with Crippen LogP contribution in [0, 0.1) is 4.77 Å². The van der Waals surface area contributed by atoms with Crippen LogP contribution < -0.4 is 0 Å². The van der Waals surface area contributed by atoms with E-state index in [1.54, 1.807) is 0 Å². The minimum Gasteiger partial charge on any atom is -0.337 e. The molecular weight excluding hydrogens is 216 g/mol. The monoisotopic (exact) mass is 240 g/mol. The first-order valence-corrected chi connectivity index (χ1v) is 6.42. The molecule has 0 saturated carbocycles. The summed E-state index contributed by atoms with van der Waals surface area (Å²) in [6.07, 6.45) is 4.37. The van der Waals surface area contributed by atoms with Gasteiger partial charge in [-0.2, -0.15) is 0 Å². The molecule has 0 aromatic carbocycles. The maximum absolute atomic E-state index is 5.41. The second-order valence-corrected chi connectivity index (χ2v) is 6.51. The Bertz CT molecular complexity index is 404. The van der Waals surface area contributed by atoms with Gasteiger partial charge in [0.25, 0.3) is 0 Å². The molecule has 0 aliphatic carbocycles. The van der Waals surface area contributed by atoms with Gasteiger partial charge in [-0.1, -0.05) is 34.1 Å². The fourth-order valence-electron chi connectivity index (χ4n) is 2.25. The highest BCUT2D eigenvalue weighted by molar-refractivity contribution is 7.71. The topological polar surface area (TPSA) is 20.7 Å². The van der Waals surface area contributed by atoms with Crippen molar-refractivity contribution < 1.29 is 0 Å². The van der Waals surface area contributed by atoms with Crippen molar-refractivity contribution in [2.45, 2.75) is 65.3 Å². The van der Waals surface area contributed by atoms with E-state index in [1.807, 2.05) is 0 Å². The molecule has 1 heterocycles. The number of nitrogens with zero attached hydrogens (tertiary/aromatic N) is 1. The average molecular weight is 240 g/mol. The molecule has 1 aromatic heterocycles. The Kier molecular flexibility index (Phi) is 3.68. The molecule has 0 saturated heterocycles. The second kappa shape index (κ2) is 4.36. The SMILES string of the molecule is CCCC(C)(C)n1c(C(C)(C)C)c[nH]c1=S. The molecule has 92 valence electrons. The van der Waals surface area contributed by atoms with Crippen molar-refractivity contribution in [1.82, 2.24) is 9.55 Å². The first kappa shape index (κ1) is 13.5. The average Bonchev–Trinajstić information content (AvgIpc) is 2.46. The van der Waals surface area contributed by atoms with Gasteiger partial charge in [0.2, 0.25) is 0 Å². The van der Waals surface area contributed by atoms with Crippen LogP contribution >= 0.6 is 12.2 Å². The van der Waals surface area contributed by atoms with Crippen LogP contribution in [0.1, 0.15) is 60.1 Å². The summed E-state index contributed by atoms with van der Waals surface area (Å²) in [5.74, 6) is 0. The summed E-state index contributed by atoms with van der Waals surface area (Å²) in [5.41, 5.74) is 1.50. The van der Waals surface area contributed by atoms with E-state index >= 15 is 0 Å². The third-order valence-corrected chi connectivity index (χ3v) is 3.31. The van der Waals surface area contributed by atoms with Crippen LogP contribution in [-0.2, 0) is 11.0 Å². The van der Waals surface area contributed by atoms with E-state index in [0.717, 1.165) is 11.2 Å². The van der Waals surface area contributed by atoms with E-state index < -0.39 is 0 Å². The van der Waals surface area contributed by atoms with E-state index in [9.17, 15) is 0 Å². The van der Waals surface area contributed by atoms with Gasteiger partial charge in [0.1, 0.15) is 0 Å². The number of nitrogens with one attached hydrogen (secondary N) is 1. The molecule has 0 bridgehead atoms. The molecule has 1 N–H and O–H groups in total. The number of rotatable bonds is 3. The van der Waals surface area contributed by atoms with Crippen molar-refractivity contribution in [3.05, 3.63) is 16.7 Å². The number of hydrogen-bond acceptors (Lipinski definition) is 1. The summed E-state index contributed by atoms with van der Waals surface area (Å²) < 4.78 is 3.12. The van der Waals surface area contributed by atoms with Gasteiger partial charge in [0.05, 0.1) is 0 Å². The summed E-state index contributed by atoms with van der Waals surface area (Å²) in [6.45, 7) is 13.4. The summed E-state index contributed by atoms with van der Waals surface area (Å²) in [5, 5.41) is 0. The summed E-state index contributed by atoms with van der Waals surface area (Å²) in [7, 11) is 0. The van der Waals surface area contributed by atoms with Gasteiger partial charge in [0.15, 0.2) is 4.77 Å². The van der Waals surface area contributed by atoms with Crippen molar-refractivity contribution in [3.8, 4) is 0 Å². The van der Waals surface area contributed by atoms with E-state index in [4.69, 9.17) is 12.2 Å². The fraction of sp³-hybridized carbons (Fsp3) is 0.769. The smallest absolute Gasteiger partial charge is 0.177 e. The number of aromatic amines is 1. The Morgan fingerprint density at radius 2 is 1.81 bits per heavy atom. The minimum absolute atomic E-state index is 0.0917. The number of H-pyrrole nitrogens is 1. The van der Waals surface area contributed by atoms with Crippen LogP contribution in [0.2, 0.25) is 0 Å². The Morgan fingerprint density at radius 3 is 2.25 bits per heavy atom. The second-order valence-electron chi connectivity index (χ2n) is 6.13. The molecule has 0 aliphatic rings. The standard InChI is InChI=1S/C13H24N2S/c1-7-8-13(5,6)15-10(12(2,3)4)9-14-11(15)16/h9H,7-8H2,1-6H3,(H,14,16). The van der Waals surface area contributed by atoms with Gasteiger partial charge in [0, 0.05) is 22.8 Å². The van der Waals surface area contributed by atoms with Crippen LogP contribution in [0.25, 0.3) is 0 Å². The van der Waals surface area contributed by atoms with Crippen molar-refractivity contribution >= 4 is 12.2 Å². The number of imidazole rings is 1. The Morgan fingerprint density at radius 1 is 1.25 bits per heavy atom. The van der Waals surface area contributed by atoms with Gasteiger partial charge in [-0.05, 0) is 32.5 Å². The summed E-state index contributed by atoms with van der Waals surface area (Å²) in [4.78, 5) is 3.19. The fourth-order valence-corrected chi connectivity index (χ4v) is 2.65. The predicted octanol–water partition coefficient (Wildman–Crippen LogP) is 4.38. The summed E-state index contributed by atoms with van der Waals surface area (Å²) in [6, 6.07) is 0. The van der Waals surface area contributed by atoms with Crippen molar-refractivity contribution in [3.63, 3.8) is 0 Å². The van der Waals surface area contributed by atoms with Crippen LogP contribution in [0.5, 0.6) is 0 Å². The third-order valence-electron chi connectivity index (χ3n) is 3.01. The molecule has 2 nitrogen and oxygen atoms in total. The predicted molar refractivity (Wildman–Crippen MR) is 72.5 cm³/mol. The van der Waals surface area contributed by atoms with E-state index in [0.29, 0.717) is 0 Å². The highest BCUT2D eigenvalue weighted by Gasteiger charge is 2.27. The molecule has 1 rings (SSSR count). The van der Waals surface area contributed by atoms with E-state index in [-0.39, 0.29) is 11.0 Å². The van der Waals surface area contributed by atoms with Crippen molar-refractivity contribution in [2.24, 2.45) is 0 Å². The zero-order valence-electron chi connectivity index (χ0n) is 11.3. The zero-order valence-corrected chi connectivity index (χ0v) is 12.2. The zero-order chi connectivity index (χ0) is 12.6. The summed E-state index contributed by atoms with van der Waals surface area (Å²) >= 11 is 5.41. The van der Waals surface area contributed by atoms with Gasteiger partial charge < -0.3 is 9.55 Å². The lowest BCUT2D eigenvalue weighted by molar-refractivity contribution is 0.298. The van der Waals surface area contributed by atoms with Crippen molar-refractivity contribution in [2.75, 3.05) is 0 Å². The van der Waals surface area contributed by atoms with Crippen LogP contribution in [0.3, 0.4) is 0 Å². The molecule has 3 heteroatoms. The normalized spacial score (nSPS) is 13.1. The third kappa shape index (κ3) is 2.57. The van der Waals surface area contributed by atoms with E-state index in [1.165, 1.54) is 12.1 Å². The first-order valence-electron chi connectivity index (χ1n) is 6.01. The minimum atomic E-state index is 0.0917. The number of aromatic nitrogens is 2.